The number of carbonyl (C=O) groups is 1. The van der Waals surface area contributed by atoms with E-state index in [1.165, 1.54) is 6.42 Å². The summed E-state index contributed by atoms with van der Waals surface area (Å²) in [5, 5.41) is 0. The average molecular weight is 114 g/mol. The average Bonchev–Trinajstić information content (AvgIpc) is 1.77. The highest BCUT2D eigenvalue weighted by molar-refractivity contribution is 5.82. The van der Waals surface area contributed by atoms with Crippen molar-refractivity contribution in [1.82, 2.24) is 0 Å². The second-order valence-corrected chi connectivity index (χ2v) is 2.41. The van der Waals surface area contributed by atoms with Crippen molar-refractivity contribution in [1.29, 1.82) is 0 Å². The van der Waals surface area contributed by atoms with E-state index >= 15 is 0 Å². The molecule has 0 saturated heterocycles. The molecule has 1 fully saturated rings. The first-order valence-electron chi connectivity index (χ1n) is 3.16. The number of rotatable bonds is 0. The minimum atomic E-state index is 0.115. The number of Topliss-reactive ketones (excluding diaryl/α,β-unsaturated/α-hetero) is 1. The Morgan fingerprint density at radius 1 is 1.50 bits per heavy atom. The maximum absolute atomic E-state index is 10.7. The topological polar surface area (TPSA) is 44.7 Å². The lowest BCUT2D eigenvalue weighted by Crippen LogP contribution is -2.65. The monoisotopic (exact) mass is 114 g/mol. The van der Waals surface area contributed by atoms with Gasteiger partial charge in [0.2, 0.25) is 0 Å². The summed E-state index contributed by atoms with van der Waals surface area (Å²) < 4.78 is 0. The summed E-state index contributed by atoms with van der Waals surface area (Å²) in [6, 6.07) is 0.115. The van der Waals surface area contributed by atoms with Gasteiger partial charge in [-0.1, -0.05) is 0 Å². The van der Waals surface area contributed by atoms with Gasteiger partial charge in [0.25, 0.3) is 0 Å². The van der Waals surface area contributed by atoms with E-state index < -0.39 is 0 Å². The number of ketones is 1. The number of hydrogen-bond acceptors (Lipinski definition) is 1. The van der Waals surface area contributed by atoms with Crippen molar-refractivity contribution in [2.45, 2.75) is 31.7 Å². The largest absolute Gasteiger partial charge is 0.349 e. The zero-order valence-corrected chi connectivity index (χ0v) is 5.02. The van der Waals surface area contributed by atoms with E-state index in [-0.39, 0.29) is 6.04 Å². The standard InChI is InChI=1S/C6H11NO/c7-5-3-1-2-4-6(5)8/h5H,1-4,7H2/p+1. The summed E-state index contributed by atoms with van der Waals surface area (Å²) in [6.07, 6.45) is 4.07. The second kappa shape index (κ2) is 2.27. The summed E-state index contributed by atoms with van der Waals surface area (Å²) in [6.45, 7) is 0. The van der Waals surface area contributed by atoms with Gasteiger partial charge in [-0.05, 0) is 12.8 Å². The molecule has 1 unspecified atom stereocenters. The van der Waals surface area contributed by atoms with Gasteiger partial charge in [0.15, 0.2) is 5.78 Å². The van der Waals surface area contributed by atoms with Crippen molar-refractivity contribution < 1.29 is 10.5 Å². The molecule has 1 saturated carbocycles. The van der Waals surface area contributed by atoms with Crippen LogP contribution in [-0.2, 0) is 4.79 Å². The highest BCUT2D eigenvalue weighted by Crippen LogP contribution is 2.10. The molecular weight excluding hydrogens is 102 g/mol. The summed E-state index contributed by atoms with van der Waals surface area (Å²) >= 11 is 0. The maximum atomic E-state index is 10.7. The molecular formula is C6H12NO+. The van der Waals surface area contributed by atoms with Gasteiger partial charge >= 0.3 is 0 Å². The second-order valence-electron chi connectivity index (χ2n) is 2.41. The van der Waals surface area contributed by atoms with Crippen molar-refractivity contribution >= 4 is 5.78 Å². The van der Waals surface area contributed by atoms with Gasteiger partial charge in [-0.25, -0.2) is 0 Å². The Hall–Kier alpha value is -0.370. The third kappa shape index (κ3) is 1.07. The van der Waals surface area contributed by atoms with Gasteiger partial charge in [-0.15, -0.1) is 0 Å². The molecule has 3 N–H and O–H groups in total. The highest BCUT2D eigenvalue weighted by Gasteiger charge is 2.20. The van der Waals surface area contributed by atoms with E-state index in [2.05, 4.69) is 5.73 Å². The predicted molar refractivity (Wildman–Crippen MR) is 30.2 cm³/mol. The van der Waals surface area contributed by atoms with Crippen molar-refractivity contribution in [3.8, 4) is 0 Å². The van der Waals surface area contributed by atoms with Crippen LogP contribution in [0.4, 0.5) is 0 Å². The summed E-state index contributed by atoms with van der Waals surface area (Å²) in [5.41, 5.74) is 3.73. The number of quaternary nitrogens is 1. The molecule has 2 nitrogen and oxygen atoms in total. The van der Waals surface area contributed by atoms with Gasteiger partial charge in [-0.3, -0.25) is 4.79 Å². The molecule has 0 spiro atoms. The quantitative estimate of drug-likeness (QED) is 0.463. The lowest BCUT2D eigenvalue weighted by Gasteiger charge is -2.11. The van der Waals surface area contributed by atoms with Crippen LogP contribution in [-0.4, -0.2) is 11.8 Å². The van der Waals surface area contributed by atoms with Crippen molar-refractivity contribution in [3.63, 3.8) is 0 Å². The normalized spacial score (nSPS) is 30.6. The molecule has 8 heavy (non-hydrogen) atoms. The molecule has 0 aromatic rings. The number of carbonyl (C=O) groups excluding carboxylic acids is 1. The molecule has 1 atom stereocenters. The van der Waals surface area contributed by atoms with Gasteiger partial charge in [0.1, 0.15) is 6.04 Å². The minimum Gasteiger partial charge on any atom is -0.349 e. The van der Waals surface area contributed by atoms with Gasteiger partial charge in [0.05, 0.1) is 0 Å². The van der Waals surface area contributed by atoms with E-state index in [1.54, 1.807) is 0 Å². The zero-order valence-electron chi connectivity index (χ0n) is 5.02. The number of hydrogen-bond donors (Lipinski definition) is 1. The molecule has 1 rings (SSSR count). The molecule has 0 radical (unpaired) electrons. The van der Waals surface area contributed by atoms with Gasteiger partial charge in [-0.2, -0.15) is 0 Å². The van der Waals surface area contributed by atoms with E-state index in [1.807, 2.05) is 0 Å². The molecule has 0 aliphatic heterocycles. The van der Waals surface area contributed by atoms with Crippen LogP contribution < -0.4 is 5.73 Å². The first-order valence-corrected chi connectivity index (χ1v) is 3.16. The highest BCUT2D eigenvalue weighted by atomic mass is 16.1. The lowest BCUT2D eigenvalue weighted by atomic mass is 9.95. The summed E-state index contributed by atoms with van der Waals surface area (Å²) in [5.74, 6) is 0.358. The van der Waals surface area contributed by atoms with Crippen molar-refractivity contribution in [2.75, 3.05) is 0 Å². The van der Waals surface area contributed by atoms with Gasteiger partial charge < -0.3 is 5.73 Å². The first-order chi connectivity index (χ1) is 3.80. The molecule has 1 aliphatic rings. The van der Waals surface area contributed by atoms with E-state index in [0.29, 0.717) is 5.78 Å². The van der Waals surface area contributed by atoms with E-state index in [9.17, 15) is 4.79 Å². The molecule has 1 aliphatic carbocycles. The van der Waals surface area contributed by atoms with Gasteiger partial charge in [0, 0.05) is 12.8 Å². The Morgan fingerprint density at radius 2 is 2.25 bits per heavy atom. The predicted octanol–water partition coefficient (Wildman–Crippen LogP) is -0.260. The Balaban J connectivity index is 2.39. The third-order valence-electron chi connectivity index (χ3n) is 1.68. The summed E-state index contributed by atoms with van der Waals surface area (Å²) in [7, 11) is 0. The fraction of sp³-hybridized carbons (Fsp3) is 0.833. The first kappa shape index (κ1) is 5.76. The molecule has 0 heterocycles. The fourth-order valence-electron chi connectivity index (χ4n) is 1.06. The zero-order chi connectivity index (χ0) is 5.98. The van der Waals surface area contributed by atoms with Crippen molar-refractivity contribution in [2.24, 2.45) is 0 Å². The van der Waals surface area contributed by atoms with Crippen LogP contribution in [0.5, 0.6) is 0 Å². The van der Waals surface area contributed by atoms with Crippen LogP contribution in [0.25, 0.3) is 0 Å². The Bertz CT molecular complexity index is 101. The minimum absolute atomic E-state index is 0.115. The maximum Gasteiger partial charge on any atom is 0.189 e. The molecule has 2 heteroatoms. The fourth-order valence-corrected chi connectivity index (χ4v) is 1.06. The van der Waals surface area contributed by atoms with Crippen LogP contribution in [0.2, 0.25) is 0 Å². The Morgan fingerprint density at radius 3 is 2.62 bits per heavy atom. The van der Waals surface area contributed by atoms with Crippen molar-refractivity contribution in [3.05, 3.63) is 0 Å². The van der Waals surface area contributed by atoms with Crippen LogP contribution in [0, 0.1) is 0 Å². The van der Waals surface area contributed by atoms with Crippen LogP contribution in [0.1, 0.15) is 25.7 Å². The van der Waals surface area contributed by atoms with Crippen LogP contribution in [0.3, 0.4) is 0 Å². The Kier molecular flexibility index (Phi) is 1.63. The van der Waals surface area contributed by atoms with Crippen LogP contribution in [0.15, 0.2) is 0 Å². The molecule has 0 aromatic heterocycles. The molecule has 0 amide bonds. The smallest absolute Gasteiger partial charge is 0.189 e. The summed E-state index contributed by atoms with van der Waals surface area (Å²) in [4.78, 5) is 10.7. The molecule has 0 bridgehead atoms. The molecule has 0 aromatic carbocycles. The van der Waals surface area contributed by atoms with Crippen LogP contribution >= 0.6 is 0 Å². The SMILES string of the molecule is [NH3+]C1CCCCC1=O. The van der Waals surface area contributed by atoms with E-state index in [4.69, 9.17) is 0 Å². The third-order valence-corrected chi connectivity index (χ3v) is 1.68. The molecule has 46 valence electrons. The van der Waals surface area contributed by atoms with E-state index in [0.717, 1.165) is 19.3 Å². The Labute approximate surface area is 49.1 Å². The lowest BCUT2D eigenvalue weighted by molar-refractivity contribution is -0.406.